The highest BCUT2D eigenvalue weighted by Gasteiger charge is 2.35. The molecule has 15 rings (SSSR count). The minimum absolute atomic E-state index is 0.0847. The van der Waals surface area contributed by atoms with Crippen molar-refractivity contribution in [1.82, 2.24) is 24.9 Å². The third-order valence-electron chi connectivity index (χ3n) is 18.3. The van der Waals surface area contributed by atoms with E-state index in [1.54, 1.807) is 136 Å². The van der Waals surface area contributed by atoms with Crippen molar-refractivity contribution in [3.63, 3.8) is 0 Å². The molecular weight excluding hydrogens is 1780 g/mol. The number of para-hydroxylation sites is 1. The highest BCUT2D eigenvalue weighted by molar-refractivity contribution is 7.21. The highest BCUT2D eigenvalue weighted by Crippen LogP contribution is 2.42. The van der Waals surface area contributed by atoms with Crippen molar-refractivity contribution >= 4 is 111 Å². The number of pyridine rings is 5. The fourth-order valence-corrected chi connectivity index (χ4v) is 17.2. The van der Waals surface area contributed by atoms with Crippen LogP contribution in [0.1, 0.15) is 78.7 Å². The third kappa shape index (κ3) is 27.4. The first kappa shape index (κ1) is 95.0. The number of alkyl halides is 9. The van der Waals surface area contributed by atoms with Gasteiger partial charge >= 0.3 is 18.5 Å². The van der Waals surface area contributed by atoms with E-state index in [0.29, 0.717) is 71.4 Å². The van der Waals surface area contributed by atoms with E-state index in [9.17, 15) is 89.8 Å². The number of nitrogens with one attached hydrogen (secondary N) is 5. The average Bonchev–Trinajstić information content (AvgIpc) is 1.61. The van der Waals surface area contributed by atoms with Gasteiger partial charge in [0.1, 0.15) is 61.1 Å². The van der Waals surface area contributed by atoms with Gasteiger partial charge < -0.3 is 31.3 Å². The van der Waals surface area contributed by atoms with E-state index in [0.717, 1.165) is 93.7 Å². The molecule has 0 spiro atoms. The van der Waals surface area contributed by atoms with Crippen molar-refractivity contribution in [3.8, 4) is 88.3 Å². The zero-order valence-corrected chi connectivity index (χ0v) is 71.7. The van der Waals surface area contributed by atoms with Crippen molar-refractivity contribution in [2.45, 2.75) is 57.1 Å². The molecule has 21 nitrogen and oxygen atoms in total. The first-order chi connectivity index (χ1) is 62.6. The van der Waals surface area contributed by atoms with Gasteiger partial charge in [0.25, 0.3) is 0 Å². The Morgan fingerprint density at radius 1 is 0.315 bits per heavy atom. The van der Waals surface area contributed by atoms with Crippen molar-refractivity contribution in [1.29, 1.82) is 26.3 Å². The molecule has 15 aromatic rings. The Balaban J connectivity index is 0.000000157. The molecule has 0 fully saturated rings. The lowest BCUT2D eigenvalue weighted by Gasteiger charge is -2.12. The number of anilines is 5. The van der Waals surface area contributed by atoms with Gasteiger partial charge in [0.2, 0.25) is 29.5 Å². The molecular formula is C95H66F9N15O6S5. The number of rotatable bonds is 22. The molecule has 0 saturated carbocycles. The fraction of sp³-hybridized carbons (Fsp3) is 0.105. The molecule has 130 heavy (non-hydrogen) atoms. The first-order valence-corrected chi connectivity index (χ1v) is 42.5. The van der Waals surface area contributed by atoms with Crippen molar-refractivity contribution in [2.24, 2.45) is 0 Å². The van der Waals surface area contributed by atoms with Crippen LogP contribution in [0.25, 0.3) is 52.2 Å². The molecule has 650 valence electrons. The van der Waals surface area contributed by atoms with Crippen LogP contribution in [0.2, 0.25) is 0 Å². The minimum Gasteiger partial charge on any atom is -0.496 e. The maximum absolute atomic E-state index is 13.1. The summed E-state index contributed by atoms with van der Waals surface area (Å²) in [5.74, 6) is -1.13. The molecule has 5 amide bonds. The summed E-state index contributed by atoms with van der Waals surface area (Å²) in [5.41, 5.74) is 6.38. The Bertz CT molecular complexity index is 6660. The molecule has 0 unspecified atom stereocenters. The van der Waals surface area contributed by atoms with Gasteiger partial charge in [-0.25, -0.2) is 0 Å². The number of aromatic nitrogens is 5. The molecule has 0 aliphatic carbocycles. The third-order valence-corrected chi connectivity index (χ3v) is 23.8. The van der Waals surface area contributed by atoms with E-state index in [4.69, 9.17) is 4.74 Å². The lowest BCUT2D eigenvalue weighted by atomic mass is 10.0. The summed E-state index contributed by atoms with van der Waals surface area (Å²) in [5, 5.41) is 62.2. The Labute approximate surface area is 757 Å². The van der Waals surface area contributed by atoms with E-state index < -0.39 is 59.4 Å². The highest BCUT2D eigenvalue weighted by atomic mass is 32.1. The quantitative estimate of drug-likeness (QED) is 0.0394. The topological polar surface area (TPSA) is 338 Å². The summed E-state index contributed by atoms with van der Waals surface area (Å²) >= 11 is 6.43. The van der Waals surface area contributed by atoms with E-state index in [2.05, 4.69) is 63.6 Å². The van der Waals surface area contributed by atoms with Crippen LogP contribution in [0.4, 0.5) is 64.5 Å². The largest absolute Gasteiger partial charge is 0.496 e. The number of halogens is 9. The van der Waals surface area contributed by atoms with Gasteiger partial charge in [-0.05, 0) is 178 Å². The number of nitrogens with zero attached hydrogens (tertiary/aromatic N) is 10. The number of hydrogen-bond donors (Lipinski definition) is 5. The Morgan fingerprint density at radius 2 is 0.623 bits per heavy atom. The second kappa shape index (κ2) is 45.5. The molecule has 10 heterocycles. The van der Waals surface area contributed by atoms with Crippen LogP contribution < -0.4 is 31.3 Å². The fourth-order valence-electron chi connectivity index (χ4n) is 12.1. The van der Waals surface area contributed by atoms with Gasteiger partial charge in [-0.15, -0.1) is 56.7 Å². The van der Waals surface area contributed by atoms with Crippen LogP contribution in [0.3, 0.4) is 0 Å². The number of aryl methyl sites for hydroxylation is 1. The number of carbonyl (C=O) groups excluding carboxylic acids is 5. The molecule has 0 atom stereocenters. The number of hydrogen-bond acceptors (Lipinski definition) is 21. The molecule has 10 aromatic heterocycles. The van der Waals surface area contributed by atoms with Gasteiger partial charge in [-0.3, -0.25) is 48.9 Å². The number of nitriles is 5. The number of ether oxygens (including phenoxy) is 1. The van der Waals surface area contributed by atoms with Crippen molar-refractivity contribution < 1.29 is 68.2 Å². The Hall–Kier alpha value is -15.7. The van der Waals surface area contributed by atoms with Crippen LogP contribution in [0, 0.1) is 56.7 Å². The predicted molar refractivity (Wildman–Crippen MR) is 481 cm³/mol. The van der Waals surface area contributed by atoms with Gasteiger partial charge in [-0.1, -0.05) is 97.1 Å². The second-order valence-electron chi connectivity index (χ2n) is 27.3. The molecule has 35 heteroatoms. The summed E-state index contributed by atoms with van der Waals surface area (Å²) < 4.78 is 121. The lowest BCUT2D eigenvalue weighted by Crippen LogP contribution is -2.17. The molecule has 0 aliphatic rings. The number of benzene rings is 5. The summed E-state index contributed by atoms with van der Waals surface area (Å²) in [6, 6.07) is 68.2. The average molecular weight is 1840 g/mol. The molecule has 0 radical (unpaired) electrons. The van der Waals surface area contributed by atoms with E-state index >= 15 is 0 Å². The van der Waals surface area contributed by atoms with Crippen molar-refractivity contribution in [2.75, 3.05) is 33.7 Å². The summed E-state index contributed by atoms with van der Waals surface area (Å²) in [4.78, 5) is 85.3. The Morgan fingerprint density at radius 3 is 0.969 bits per heavy atom. The van der Waals surface area contributed by atoms with Crippen LogP contribution in [-0.4, -0.2) is 61.6 Å². The molecule has 0 saturated heterocycles. The van der Waals surface area contributed by atoms with Crippen LogP contribution in [0.5, 0.6) is 5.75 Å². The number of carbonyl (C=O) groups is 5. The maximum atomic E-state index is 13.1. The summed E-state index contributed by atoms with van der Waals surface area (Å²) in [6.45, 7) is 0. The number of amides is 5. The molecule has 5 N–H and O–H groups in total. The normalized spacial score (nSPS) is 10.7. The van der Waals surface area contributed by atoms with E-state index in [1.807, 2.05) is 97.1 Å². The van der Waals surface area contributed by atoms with Gasteiger partial charge in [-0.2, -0.15) is 65.8 Å². The standard InChI is InChI=1S/3C19H12F3N3OS.C19H15N3O2S.C19H15N3OS/c20-19(21,22)15-3-1-12(2-4-15)9-17(26)25-18-14(11-23)10-16(27-18)13-5-7-24-8-6-13;20-19(21,22)15-3-1-2-12(8-15)9-17(26)25-18-14(11-23)10-16(27-18)13-4-6-24-7-5-13;20-19(21,22)15-4-2-1-3-13(15)10-17(26)25-18-14(11-23)9-16(27-18)12-5-7-24-8-6-12;1-24-16-5-3-2-4-14(16)11-18(23)22-19-15(12-20)10-17(25-19)13-6-8-21-9-7-13;20-13-16-12-17(15-8-10-21-11-9-15)24-19(16)22-18(23)7-6-14-4-2-1-3-5-14/h2*1-8,10H,9H2,(H,25,26);1-9H,10H2,(H,25,26);2-10H,11H2,1H3,(H,22,23);1-5,8-12H,6-7H2,(H,22,23). The SMILES string of the molecule is COc1ccccc1CC(=O)Nc1sc(-c2ccncc2)cc1C#N.N#Cc1cc(-c2ccncc2)sc1NC(=O)CCc1ccccc1.N#Cc1cc(-c2ccncc2)sc1NC(=O)Cc1ccc(C(F)(F)F)cc1.N#Cc1cc(-c2ccncc2)sc1NC(=O)Cc1cccc(C(F)(F)F)c1.N#Cc1cc(-c2ccncc2)sc1NC(=O)Cc1ccccc1C(F)(F)F. The van der Waals surface area contributed by atoms with Gasteiger partial charge in [0.05, 0.1) is 77.3 Å². The maximum Gasteiger partial charge on any atom is 0.416 e. The summed E-state index contributed by atoms with van der Waals surface area (Å²) in [7, 11) is 1.57. The number of thiophene rings is 5. The molecule has 0 aliphatic heterocycles. The van der Waals surface area contributed by atoms with Crippen LogP contribution >= 0.6 is 56.7 Å². The predicted octanol–water partition coefficient (Wildman–Crippen LogP) is 22.8. The zero-order valence-electron chi connectivity index (χ0n) is 67.7. The second-order valence-corrected chi connectivity index (χ2v) is 32.6. The van der Waals surface area contributed by atoms with Gasteiger partial charge in [0, 0.05) is 98.3 Å². The van der Waals surface area contributed by atoms with Gasteiger partial charge in [0.15, 0.2) is 0 Å². The first-order valence-electron chi connectivity index (χ1n) is 38.4. The zero-order chi connectivity index (χ0) is 92.7. The van der Waals surface area contributed by atoms with E-state index in [-0.39, 0.29) is 47.8 Å². The smallest absolute Gasteiger partial charge is 0.416 e. The van der Waals surface area contributed by atoms with Crippen molar-refractivity contribution in [3.05, 3.63) is 353 Å². The Kier molecular flexibility index (Phi) is 33.2. The molecule has 0 bridgehead atoms. The molecule has 5 aromatic carbocycles. The summed E-state index contributed by atoms with van der Waals surface area (Å²) in [6.07, 6.45) is 3.58. The minimum atomic E-state index is -4.54. The van der Waals surface area contributed by atoms with Crippen LogP contribution in [0.15, 0.2) is 280 Å². The lowest BCUT2D eigenvalue weighted by molar-refractivity contribution is -0.139. The monoisotopic (exact) mass is 1840 g/mol. The van der Waals surface area contributed by atoms with Crippen LogP contribution in [-0.2, 0) is 74.6 Å². The number of methoxy groups -OCH3 is 1. The van der Waals surface area contributed by atoms with E-state index in [1.165, 1.54) is 99.1 Å².